The van der Waals surface area contributed by atoms with Crippen molar-refractivity contribution in [3.8, 4) is 0 Å². The van der Waals surface area contributed by atoms with Crippen LogP contribution >= 0.6 is 11.6 Å². The van der Waals surface area contributed by atoms with E-state index in [9.17, 15) is 0 Å². The summed E-state index contributed by atoms with van der Waals surface area (Å²) in [7, 11) is 1.83. The maximum absolute atomic E-state index is 5.80. The van der Waals surface area contributed by atoms with E-state index in [1.54, 1.807) is 4.68 Å². The average molecular weight is 250 g/mol. The SMILES string of the molecule is Cn1ccc(NC23N=CN=C2C=NC(Cl)=N3)n1. The molecule has 1 atom stereocenters. The molecule has 0 bridgehead atoms. The Labute approximate surface area is 102 Å². The van der Waals surface area contributed by atoms with E-state index in [1.165, 1.54) is 12.6 Å². The lowest BCUT2D eigenvalue weighted by atomic mass is 10.2. The minimum absolute atomic E-state index is 0.131. The van der Waals surface area contributed by atoms with Crippen molar-refractivity contribution in [2.24, 2.45) is 27.0 Å². The highest BCUT2D eigenvalue weighted by atomic mass is 35.5. The molecular formula is C9H8ClN7. The zero-order chi connectivity index (χ0) is 11.9. The fourth-order valence-corrected chi connectivity index (χ4v) is 1.77. The zero-order valence-corrected chi connectivity index (χ0v) is 9.63. The number of nitrogens with one attached hydrogen (secondary N) is 1. The molecule has 0 radical (unpaired) electrons. The number of aryl methyl sites for hydroxylation is 1. The molecule has 86 valence electrons. The Morgan fingerprint density at radius 1 is 1.47 bits per heavy atom. The molecule has 3 heterocycles. The monoisotopic (exact) mass is 249 g/mol. The minimum Gasteiger partial charge on any atom is -0.321 e. The van der Waals surface area contributed by atoms with Crippen LogP contribution in [0.2, 0.25) is 0 Å². The molecule has 17 heavy (non-hydrogen) atoms. The molecule has 0 fully saturated rings. The first kappa shape index (κ1) is 10.2. The third kappa shape index (κ3) is 1.64. The van der Waals surface area contributed by atoms with Crippen molar-refractivity contribution < 1.29 is 0 Å². The molecule has 0 spiro atoms. The summed E-state index contributed by atoms with van der Waals surface area (Å²) < 4.78 is 1.68. The number of fused-ring (bicyclic) bond motifs is 1. The first-order valence-electron chi connectivity index (χ1n) is 4.87. The van der Waals surface area contributed by atoms with E-state index in [0.29, 0.717) is 11.5 Å². The highest BCUT2D eigenvalue weighted by Gasteiger charge is 2.39. The summed E-state index contributed by atoms with van der Waals surface area (Å²) in [5.41, 5.74) is 0.590. The Kier molecular flexibility index (Phi) is 2.08. The van der Waals surface area contributed by atoms with Crippen LogP contribution in [0.3, 0.4) is 0 Å². The second-order valence-corrected chi connectivity index (χ2v) is 3.91. The number of nitrogens with zero attached hydrogens (tertiary/aromatic N) is 6. The van der Waals surface area contributed by atoms with Gasteiger partial charge in [-0.25, -0.2) is 15.0 Å². The Morgan fingerprint density at radius 3 is 3.12 bits per heavy atom. The Bertz CT molecular complexity index is 582. The van der Waals surface area contributed by atoms with E-state index in [1.807, 2.05) is 19.3 Å². The van der Waals surface area contributed by atoms with Gasteiger partial charge in [-0.15, -0.1) is 0 Å². The van der Waals surface area contributed by atoms with Crippen molar-refractivity contribution >= 4 is 41.0 Å². The third-order valence-corrected chi connectivity index (χ3v) is 2.54. The third-order valence-electron chi connectivity index (χ3n) is 2.36. The molecule has 2 aliphatic rings. The van der Waals surface area contributed by atoms with E-state index in [0.717, 1.165) is 0 Å². The lowest BCUT2D eigenvalue weighted by Crippen LogP contribution is -2.44. The molecule has 1 unspecified atom stereocenters. The van der Waals surface area contributed by atoms with Crippen LogP contribution in [-0.2, 0) is 7.05 Å². The van der Waals surface area contributed by atoms with Gasteiger partial charge in [-0.3, -0.25) is 4.68 Å². The molecule has 1 aromatic rings. The van der Waals surface area contributed by atoms with Gasteiger partial charge in [-0.2, -0.15) is 10.1 Å². The Morgan fingerprint density at radius 2 is 2.35 bits per heavy atom. The fraction of sp³-hybridized carbons (Fsp3) is 0.222. The van der Waals surface area contributed by atoms with Gasteiger partial charge in [0.15, 0.2) is 5.82 Å². The number of aromatic nitrogens is 2. The summed E-state index contributed by atoms with van der Waals surface area (Å²) in [6.07, 6.45) is 4.78. The maximum atomic E-state index is 5.80. The summed E-state index contributed by atoms with van der Waals surface area (Å²) >= 11 is 5.80. The van der Waals surface area contributed by atoms with E-state index < -0.39 is 5.79 Å². The molecule has 1 aromatic heterocycles. The van der Waals surface area contributed by atoms with Gasteiger partial charge in [0.2, 0.25) is 5.29 Å². The van der Waals surface area contributed by atoms with Gasteiger partial charge < -0.3 is 5.32 Å². The second-order valence-electron chi connectivity index (χ2n) is 3.57. The number of aliphatic imine (C=N–C) groups is 4. The Hall–Kier alpha value is -2.02. The van der Waals surface area contributed by atoms with Gasteiger partial charge in [0.1, 0.15) is 12.1 Å². The summed E-state index contributed by atoms with van der Waals surface area (Å²) in [6.45, 7) is 0. The molecule has 0 aliphatic carbocycles. The van der Waals surface area contributed by atoms with Crippen LogP contribution in [0.5, 0.6) is 0 Å². The van der Waals surface area contributed by atoms with Gasteiger partial charge in [-0.1, -0.05) is 0 Å². The molecule has 7 nitrogen and oxygen atoms in total. The molecule has 0 saturated carbocycles. The molecule has 2 aliphatic heterocycles. The second kappa shape index (κ2) is 3.49. The number of anilines is 1. The number of halogens is 1. The van der Waals surface area contributed by atoms with Crippen LogP contribution in [-0.4, -0.2) is 39.1 Å². The molecule has 1 N–H and O–H groups in total. The quantitative estimate of drug-likeness (QED) is 0.781. The van der Waals surface area contributed by atoms with Crippen molar-refractivity contribution in [2.45, 2.75) is 5.79 Å². The van der Waals surface area contributed by atoms with Crippen molar-refractivity contribution in [2.75, 3.05) is 5.32 Å². The number of hydrogen-bond acceptors (Lipinski definition) is 6. The molecule has 0 amide bonds. The van der Waals surface area contributed by atoms with Crippen LogP contribution in [0.4, 0.5) is 5.82 Å². The van der Waals surface area contributed by atoms with Gasteiger partial charge in [0.25, 0.3) is 5.79 Å². The van der Waals surface area contributed by atoms with Crippen LogP contribution in [0.1, 0.15) is 0 Å². The van der Waals surface area contributed by atoms with Gasteiger partial charge in [-0.05, 0) is 11.6 Å². The molecule has 8 heteroatoms. The number of rotatable bonds is 2. The van der Waals surface area contributed by atoms with E-state index >= 15 is 0 Å². The van der Waals surface area contributed by atoms with E-state index in [4.69, 9.17) is 11.6 Å². The molecule has 3 rings (SSSR count). The van der Waals surface area contributed by atoms with Crippen molar-refractivity contribution in [1.82, 2.24) is 9.78 Å². The van der Waals surface area contributed by atoms with Crippen LogP contribution < -0.4 is 5.32 Å². The standard InChI is InChI=1S/C9H8ClN7/c1-17-3-2-7(16-17)14-9-6(12-5-13-9)4-11-8(10)15-9/h2-5H,1H3,(H,14,16). The van der Waals surface area contributed by atoms with Crippen LogP contribution in [0.25, 0.3) is 0 Å². The lowest BCUT2D eigenvalue weighted by Gasteiger charge is -2.24. The first-order chi connectivity index (χ1) is 8.18. The highest BCUT2D eigenvalue weighted by Crippen LogP contribution is 2.24. The predicted octanol–water partition coefficient (Wildman–Crippen LogP) is 0.648. The summed E-state index contributed by atoms with van der Waals surface area (Å²) in [5.74, 6) is -0.379. The van der Waals surface area contributed by atoms with Crippen molar-refractivity contribution in [3.63, 3.8) is 0 Å². The van der Waals surface area contributed by atoms with Crippen molar-refractivity contribution in [1.29, 1.82) is 0 Å². The van der Waals surface area contributed by atoms with Gasteiger partial charge in [0, 0.05) is 19.3 Å². The van der Waals surface area contributed by atoms with E-state index in [2.05, 4.69) is 30.4 Å². The fourth-order valence-electron chi connectivity index (χ4n) is 1.60. The predicted molar refractivity (Wildman–Crippen MR) is 67.3 cm³/mol. The molecule has 0 aromatic carbocycles. The van der Waals surface area contributed by atoms with Gasteiger partial charge in [0.05, 0.1) is 6.21 Å². The molecular weight excluding hydrogens is 242 g/mol. The van der Waals surface area contributed by atoms with Gasteiger partial charge >= 0.3 is 0 Å². The van der Waals surface area contributed by atoms with Crippen LogP contribution in [0, 0.1) is 0 Å². The average Bonchev–Trinajstić information content (AvgIpc) is 2.84. The topological polar surface area (TPSA) is 79.3 Å². The Balaban J connectivity index is 1.98. The highest BCUT2D eigenvalue weighted by molar-refractivity contribution is 6.67. The first-order valence-corrected chi connectivity index (χ1v) is 5.25. The maximum Gasteiger partial charge on any atom is 0.276 e. The lowest BCUT2D eigenvalue weighted by molar-refractivity contribution is 0.689. The normalized spacial score (nSPS) is 25.5. The smallest absolute Gasteiger partial charge is 0.276 e. The molecule has 0 saturated heterocycles. The minimum atomic E-state index is -1.02. The number of amidine groups is 1. The number of hydrogen-bond donors (Lipinski definition) is 1. The van der Waals surface area contributed by atoms with Crippen molar-refractivity contribution in [3.05, 3.63) is 12.3 Å². The summed E-state index contributed by atoms with van der Waals surface area (Å²) in [5, 5.41) is 7.42. The van der Waals surface area contributed by atoms with Crippen LogP contribution in [0.15, 0.2) is 32.2 Å². The zero-order valence-electron chi connectivity index (χ0n) is 8.87. The summed E-state index contributed by atoms with van der Waals surface area (Å²) in [4.78, 5) is 16.3. The van der Waals surface area contributed by atoms with E-state index in [-0.39, 0.29) is 5.29 Å². The summed E-state index contributed by atoms with van der Waals surface area (Å²) in [6, 6.07) is 1.81. The largest absolute Gasteiger partial charge is 0.321 e.